The van der Waals surface area contributed by atoms with Gasteiger partial charge < -0.3 is 25.0 Å². The first-order valence-electron chi connectivity index (χ1n) is 8.88. The van der Waals surface area contributed by atoms with Crippen molar-refractivity contribution in [3.63, 3.8) is 0 Å². The van der Waals surface area contributed by atoms with E-state index in [-0.39, 0.29) is 6.54 Å². The van der Waals surface area contributed by atoms with E-state index in [1.807, 2.05) is 35.8 Å². The molecule has 0 bridgehead atoms. The second-order valence-electron chi connectivity index (χ2n) is 5.73. The summed E-state index contributed by atoms with van der Waals surface area (Å²) < 4.78 is 7.15. The van der Waals surface area contributed by atoms with Crippen LogP contribution in [0.4, 0.5) is 0 Å². The molecule has 8 heteroatoms. The predicted molar refractivity (Wildman–Crippen MR) is 101 cm³/mol. The Morgan fingerprint density at radius 2 is 2.04 bits per heavy atom. The van der Waals surface area contributed by atoms with Gasteiger partial charge in [0, 0.05) is 26.1 Å². The van der Waals surface area contributed by atoms with Gasteiger partial charge in [0.2, 0.25) is 0 Å². The van der Waals surface area contributed by atoms with Gasteiger partial charge >= 0.3 is 0 Å². The molecule has 1 unspecified atom stereocenters. The first-order chi connectivity index (χ1) is 12.7. The van der Waals surface area contributed by atoms with E-state index in [4.69, 9.17) is 4.74 Å². The molecule has 2 rings (SSSR count). The van der Waals surface area contributed by atoms with Crippen LogP contribution in [-0.2, 0) is 13.0 Å². The molecule has 0 aliphatic carbocycles. The van der Waals surface area contributed by atoms with E-state index in [0.717, 1.165) is 36.6 Å². The molecular formula is C18H28N6O2. The Morgan fingerprint density at radius 1 is 1.27 bits per heavy atom. The van der Waals surface area contributed by atoms with Gasteiger partial charge in [0.05, 0.1) is 19.8 Å². The number of methoxy groups -OCH3 is 1. The Bertz CT molecular complexity index is 683. The monoisotopic (exact) mass is 360 g/mol. The summed E-state index contributed by atoms with van der Waals surface area (Å²) in [5.41, 5.74) is 0.808. The normalized spacial score (nSPS) is 12.7. The molecule has 0 fully saturated rings. The van der Waals surface area contributed by atoms with Crippen LogP contribution >= 0.6 is 0 Å². The number of aryl methyl sites for hydroxylation is 1. The highest BCUT2D eigenvalue weighted by Crippen LogP contribution is 2.17. The van der Waals surface area contributed by atoms with Crippen molar-refractivity contribution in [3.05, 3.63) is 42.0 Å². The summed E-state index contributed by atoms with van der Waals surface area (Å²) in [5.74, 6) is 2.40. The quantitative estimate of drug-likeness (QED) is 0.458. The van der Waals surface area contributed by atoms with E-state index in [0.29, 0.717) is 12.5 Å². The van der Waals surface area contributed by atoms with Crippen LogP contribution in [0.5, 0.6) is 5.75 Å². The molecule has 1 aromatic heterocycles. The van der Waals surface area contributed by atoms with Gasteiger partial charge in [-0.15, -0.1) is 10.2 Å². The van der Waals surface area contributed by atoms with Crippen molar-refractivity contribution < 1.29 is 9.84 Å². The Hall–Kier alpha value is -2.61. The zero-order chi connectivity index (χ0) is 18.8. The number of aliphatic hydroxyl groups is 1. The molecule has 1 aromatic carbocycles. The maximum Gasteiger partial charge on any atom is 0.191 e. The fraction of sp³-hybridized carbons (Fsp3) is 0.500. The number of nitrogens with one attached hydrogen (secondary N) is 2. The van der Waals surface area contributed by atoms with Crippen molar-refractivity contribution in [1.82, 2.24) is 25.4 Å². The lowest BCUT2D eigenvalue weighted by Gasteiger charge is -2.14. The van der Waals surface area contributed by atoms with Crippen molar-refractivity contribution >= 4 is 5.96 Å². The van der Waals surface area contributed by atoms with Crippen molar-refractivity contribution in [2.45, 2.75) is 32.9 Å². The fourth-order valence-electron chi connectivity index (χ4n) is 2.49. The Morgan fingerprint density at radius 3 is 2.69 bits per heavy atom. The number of ether oxygens (including phenoxy) is 1. The number of guanidine groups is 1. The molecular weight excluding hydrogens is 332 g/mol. The second-order valence-corrected chi connectivity index (χ2v) is 5.73. The average molecular weight is 360 g/mol. The number of hydrogen-bond acceptors (Lipinski definition) is 5. The smallest absolute Gasteiger partial charge is 0.191 e. The highest BCUT2D eigenvalue weighted by Gasteiger charge is 2.08. The molecule has 0 amide bonds. The summed E-state index contributed by atoms with van der Waals surface area (Å²) in [6.45, 7) is 6.52. The lowest BCUT2D eigenvalue weighted by atomic mass is 10.1. The SMILES string of the molecule is CCNC(=NCC(O)c1ccc(OC)cc1)NCCn1cnnc1CC. The van der Waals surface area contributed by atoms with Gasteiger partial charge in [-0.3, -0.25) is 4.99 Å². The molecule has 2 aromatic rings. The molecule has 1 heterocycles. The minimum Gasteiger partial charge on any atom is -0.497 e. The number of nitrogens with zero attached hydrogens (tertiary/aromatic N) is 4. The number of hydrogen-bond donors (Lipinski definition) is 3. The van der Waals surface area contributed by atoms with Crippen molar-refractivity contribution in [2.24, 2.45) is 4.99 Å². The highest BCUT2D eigenvalue weighted by atomic mass is 16.5. The van der Waals surface area contributed by atoms with Crippen LogP contribution in [0.1, 0.15) is 31.3 Å². The zero-order valence-electron chi connectivity index (χ0n) is 15.6. The van der Waals surface area contributed by atoms with Gasteiger partial charge in [0.15, 0.2) is 5.96 Å². The second kappa shape index (κ2) is 10.4. The molecule has 1 atom stereocenters. The minimum atomic E-state index is -0.666. The van der Waals surface area contributed by atoms with E-state index in [1.165, 1.54) is 0 Å². The third-order valence-electron chi connectivity index (χ3n) is 3.92. The zero-order valence-corrected chi connectivity index (χ0v) is 15.6. The van der Waals surface area contributed by atoms with Crippen LogP contribution in [0.25, 0.3) is 0 Å². The number of aliphatic imine (C=N–C) groups is 1. The number of aliphatic hydroxyl groups excluding tert-OH is 1. The summed E-state index contributed by atoms with van der Waals surface area (Å²) in [6, 6.07) is 7.35. The molecule has 0 aliphatic rings. The fourth-order valence-corrected chi connectivity index (χ4v) is 2.49. The molecule has 26 heavy (non-hydrogen) atoms. The van der Waals surface area contributed by atoms with Crippen LogP contribution in [0.15, 0.2) is 35.6 Å². The summed E-state index contributed by atoms with van der Waals surface area (Å²) in [6.07, 6.45) is 1.92. The topological polar surface area (TPSA) is 96.6 Å². The van der Waals surface area contributed by atoms with E-state index < -0.39 is 6.10 Å². The first kappa shape index (κ1) is 19.7. The van der Waals surface area contributed by atoms with Crippen molar-refractivity contribution in [3.8, 4) is 5.75 Å². The Kier molecular flexibility index (Phi) is 7.88. The summed E-state index contributed by atoms with van der Waals surface area (Å²) >= 11 is 0. The van der Waals surface area contributed by atoms with Crippen LogP contribution in [0.2, 0.25) is 0 Å². The van der Waals surface area contributed by atoms with E-state index >= 15 is 0 Å². The number of aromatic nitrogens is 3. The van der Waals surface area contributed by atoms with Crippen LogP contribution in [0, 0.1) is 0 Å². The molecule has 0 radical (unpaired) electrons. The number of benzene rings is 1. The van der Waals surface area contributed by atoms with Crippen LogP contribution in [-0.4, -0.2) is 52.6 Å². The van der Waals surface area contributed by atoms with Gasteiger partial charge in [-0.05, 0) is 24.6 Å². The summed E-state index contributed by atoms with van der Waals surface area (Å²) in [5, 5.41) is 24.8. The molecule has 142 valence electrons. The first-order valence-corrected chi connectivity index (χ1v) is 8.88. The van der Waals surface area contributed by atoms with Gasteiger partial charge in [0.1, 0.15) is 17.9 Å². The highest BCUT2D eigenvalue weighted by molar-refractivity contribution is 5.79. The van der Waals surface area contributed by atoms with Gasteiger partial charge in [-0.1, -0.05) is 19.1 Å². The third kappa shape index (κ3) is 5.73. The van der Waals surface area contributed by atoms with Crippen LogP contribution < -0.4 is 15.4 Å². The third-order valence-corrected chi connectivity index (χ3v) is 3.92. The molecule has 3 N–H and O–H groups in total. The van der Waals surface area contributed by atoms with Crippen LogP contribution in [0.3, 0.4) is 0 Å². The standard InChI is InChI=1S/C18H28N6O2/c1-4-17-23-22-13-24(17)11-10-20-18(19-5-2)21-12-16(25)14-6-8-15(26-3)9-7-14/h6-9,13,16,25H,4-5,10-12H2,1-3H3,(H2,19,20,21). The van der Waals surface area contributed by atoms with Crippen molar-refractivity contribution in [1.29, 1.82) is 0 Å². The summed E-state index contributed by atoms with van der Waals surface area (Å²) in [4.78, 5) is 4.47. The molecule has 0 aliphatic heterocycles. The Balaban J connectivity index is 1.88. The van der Waals surface area contributed by atoms with Gasteiger partial charge in [0.25, 0.3) is 0 Å². The maximum absolute atomic E-state index is 10.3. The number of rotatable bonds is 9. The van der Waals surface area contributed by atoms with Crippen molar-refractivity contribution in [2.75, 3.05) is 26.7 Å². The lowest BCUT2D eigenvalue weighted by molar-refractivity contribution is 0.187. The molecule has 0 saturated heterocycles. The molecule has 8 nitrogen and oxygen atoms in total. The average Bonchev–Trinajstić information content (AvgIpc) is 3.13. The molecule has 0 saturated carbocycles. The lowest BCUT2D eigenvalue weighted by Crippen LogP contribution is -2.39. The van der Waals surface area contributed by atoms with E-state index in [1.54, 1.807) is 13.4 Å². The minimum absolute atomic E-state index is 0.272. The largest absolute Gasteiger partial charge is 0.497 e. The Labute approximate surface area is 154 Å². The molecule has 0 spiro atoms. The predicted octanol–water partition coefficient (Wildman–Crippen LogP) is 1.14. The van der Waals surface area contributed by atoms with E-state index in [9.17, 15) is 5.11 Å². The summed E-state index contributed by atoms with van der Waals surface area (Å²) in [7, 11) is 1.62. The van der Waals surface area contributed by atoms with Gasteiger partial charge in [-0.25, -0.2) is 0 Å². The van der Waals surface area contributed by atoms with E-state index in [2.05, 4.69) is 32.7 Å². The maximum atomic E-state index is 10.3. The van der Waals surface area contributed by atoms with Gasteiger partial charge in [-0.2, -0.15) is 0 Å².